The maximum Gasteiger partial charge on any atom is 0.326 e. The Hall–Kier alpha value is -3.27. The number of ether oxygens (including phenoxy) is 1. The minimum absolute atomic E-state index is 0.0971. The van der Waals surface area contributed by atoms with E-state index >= 15 is 0 Å². The molecule has 2 amide bonds. The summed E-state index contributed by atoms with van der Waals surface area (Å²) in [5.41, 5.74) is 4.11. The quantitative estimate of drug-likeness (QED) is 0.692. The summed E-state index contributed by atoms with van der Waals surface area (Å²) in [7, 11) is 0. The fourth-order valence-corrected chi connectivity index (χ4v) is 3.31. The third-order valence-corrected chi connectivity index (χ3v) is 4.71. The lowest BCUT2D eigenvalue weighted by atomic mass is 10.0. The van der Waals surface area contributed by atoms with E-state index in [-0.39, 0.29) is 6.03 Å². The number of hydrogen-bond donors (Lipinski definition) is 1. The first-order valence-corrected chi connectivity index (χ1v) is 9.23. The van der Waals surface area contributed by atoms with Crippen LogP contribution in [0.1, 0.15) is 17.5 Å². The molecule has 0 saturated carbocycles. The number of fused-ring (bicyclic) bond motifs is 1. The lowest BCUT2D eigenvalue weighted by molar-refractivity contribution is 0.256. The Morgan fingerprint density at radius 3 is 2.48 bits per heavy atom. The highest BCUT2D eigenvalue weighted by Crippen LogP contribution is 2.27. The second-order valence-electron chi connectivity index (χ2n) is 6.61. The number of carbonyl (C=O) groups excluding carboxylic acids is 1. The van der Waals surface area contributed by atoms with Gasteiger partial charge in [0.05, 0.1) is 0 Å². The summed E-state index contributed by atoms with van der Waals surface area (Å²) in [6.45, 7) is 1.26. The number of para-hydroxylation sites is 1. The van der Waals surface area contributed by atoms with Crippen molar-refractivity contribution < 1.29 is 9.53 Å². The molecule has 0 fully saturated rings. The molecule has 27 heavy (non-hydrogen) atoms. The molecule has 1 N–H and O–H groups in total. The molecule has 0 unspecified atom stereocenters. The van der Waals surface area contributed by atoms with Crippen LogP contribution < -0.4 is 15.0 Å². The lowest BCUT2D eigenvalue weighted by Gasteiger charge is -2.29. The minimum Gasteiger partial charge on any atom is -0.489 e. The first-order valence-electron chi connectivity index (χ1n) is 9.23. The van der Waals surface area contributed by atoms with Crippen molar-refractivity contribution in [3.8, 4) is 5.75 Å². The Bertz CT molecular complexity index is 907. The van der Waals surface area contributed by atoms with Gasteiger partial charge in [-0.3, -0.25) is 4.90 Å². The second kappa shape index (κ2) is 7.96. The smallest absolute Gasteiger partial charge is 0.326 e. The molecule has 1 aliphatic heterocycles. The highest BCUT2D eigenvalue weighted by molar-refractivity contribution is 6.02. The molecule has 3 aromatic rings. The van der Waals surface area contributed by atoms with Crippen molar-refractivity contribution in [1.82, 2.24) is 0 Å². The molecule has 4 heteroatoms. The summed E-state index contributed by atoms with van der Waals surface area (Å²) >= 11 is 0. The molecule has 3 aromatic carbocycles. The van der Waals surface area contributed by atoms with Gasteiger partial charge in [0.1, 0.15) is 12.4 Å². The zero-order valence-corrected chi connectivity index (χ0v) is 15.1. The average molecular weight is 358 g/mol. The maximum atomic E-state index is 12.7. The van der Waals surface area contributed by atoms with Crippen LogP contribution in [0.4, 0.5) is 16.2 Å². The number of urea groups is 1. The first-order chi connectivity index (χ1) is 13.3. The Morgan fingerprint density at radius 2 is 1.67 bits per heavy atom. The predicted molar refractivity (Wildman–Crippen MR) is 108 cm³/mol. The molecular formula is C23H22N2O2. The van der Waals surface area contributed by atoms with Crippen molar-refractivity contribution in [3.63, 3.8) is 0 Å². The molecule has 4 nitrogen and oxygen atoms in total. The van der Waals surface area contributed by atoms with Gasteiger partial charge in [-0.15, -0.1) is 0 Å². The van der Waals surface area contributed by atoms with Gasteiger partial charge >= 0.3 is 6.03 Å². The van der Waals surface area contributed by atoms with Crippen molar-refractivity contribution in [1.29, 1.82) is 0 Å². The van der Waals surface area contributed by atoms with Crippen molar-refractivity contribution in [3.05, 3.63) is 90.0 Å². The van der Waals surface area contributed by atoms with E-state index < -0.39 is 0 Å². The molecule has 0 aromatic heterocycles. The first kappa shape index (κ1) is 17.2. The van der Waals surface area contributed by atoms with Crippen LogP contribution in [0.2, 0.25) is 0 Å². The van der Waals surface area contributed by atoms with Crippen molar-refractivity contribution in [2.24, 2.45) is 0 Å². The van der Waals surface area contributed by atoms with Crippen LogP contribution in [-0.4, -0.2) is 12.6 Å². The summed E-state index contributed by atoms with van der Waals surface area (Å²) in [5.74, 6) is 0.778. The normalized spacial score (nSPS) is 13.0. The zero-order chi connectivity index (χ0) is 18.5. The highest BCUT2D eigenvalue weighted by atomic mass is 16.5. The third kappa shape index (κ3) is 4.11. The van der Waals surface area contributed by atoms with Crippen LogP contribution >= 0.6 is 0 Å². The molecule has 0 bridgehead atoms. The van der Waals surface area contributed by atoms with Crippen molar-refractivity contribution >= 4 is 17.4 Å². The van der Waals surface area contributed by atoms with Crippen LogP contribution in [0, 0.1) is 0 Å². The molecule has 0 aliphatic carbocycles. The van der Waals surface area contributed by atoms with Crippen LogP contribution in [0.25, 0.3) is 0 Å². The van der Waals surface area contributed by atoms with Gasteiger partial charge in [-0.25, -0.2) is 4.79 Å². The number of amides is 2. The van der Waals surface area contributed by atoms with E-state index in [1.165, 1.54) is 5.56 Å². The molecule has 0 spiro atoms. The summed E-state index contributed by atoms with van der Waals surface area (Å²) in [4.78, 5) is 14.5. The van der Waals surface area contributed by atoms with E-state index in [0.29, 0.717) is 6.61 Å². The predicted octanol–water partition coefficient (Wildman–Crippen LogP) is 5.25. The summed E-state index contributed by atoms with van der Waals surface area (Å²) in [6, 6.07) is 25.5. The molecule has 1 aliphatic rings. The number of nitrogens with zero attached hydrogens (tertiary/aromatic N) is 1. The Labute approximate surface area is 159 Å². The molecule has 0 saturated heterocycles. The summed E-state index contributed by atoms with van der Waals surface area (Å²) in [6.07, 6.45) is 2.00. The van der Waals surface area contributed by atoms with Gasteiger partial charge in [-0.05, 0) is 54.3 Å². The molecule has 0 atom stereocenters. The lowest BCUT2D eigenvalue weighted by Crippen LogP contribution is -2.38. The molecular weight excluding hydrogens is 336 g/mol. The van der Waals surface area contributed by atoms with Gasteiger partial charge in [0.25, 0.3) is 0 Å². The van der Waals surface area contributed by atoms with E-state index in [0.717, 1.165) is 42.1 Å². The molecule has 0 radical (unpaired) electrons. The summed E-state index contributed by atoms with van der Waals surface area (Å²) < 4.78 is 5.79. The third-order valence-electron chi connectivity index (χ3n) is 4.71. The molecule has 136 valence electrons. The van der Waals surface area contributed by atoms with Crippen LogP contribution in [0.15, 0.2) is 78.9 Å². The topological polar surface area (TPSA) is 41.6 Å². The number of carbonyl (C=O) groups is 1. The van der Waals surface area contributed by atoms with Crippen LogP contribution in [0.5, 0.6) is 5.75 Å². The largest absolute Gasteiger partial charge is 0.489 e. The summed E-state index contributed by atoms with van der Waals surface area (Å²) in [5, 5.41) is 2.98. The Morgan fingerprint density at radius 1 is 0.926 bits per heavy atom. The number of rotatable bonds is 4. The van der Waals surface area contributed by atoms with E-state index in [9.17, 15) is 4.79 Å². The van der Waals surface area contributed by atoms with E-state index in [1.54, 1.807) is 0 Å². The van der Waals surface area contributed by atoms with Gasteiger partial charge in [-0.2, -0.15) is 0 Å². The fourth-order valence-electron chi connectivity index (χ4n) is 3.31. The average Bonchev–Trinajstić information content (AvgIpc) is 2.73. The number of anilines is 2. The van der Waals surface area contributed by atoms with E-state index in [2.05, 4.69) is 11.4 Å². The van der Waals surface area contributed by atoms with Crippen molar-refractivity contribution in [2.45, 2.75) is 19.4 Å². The maximum absolute atomic E-state index is 12.7. The van der Waals surface area contributed by atoms with Crippen LogP contribution in [0.3, 0.4) is 0 Å². The fraction of sp³-hybridized carbons (Fsp3) is 0.174. The number of aryl methyl sites for hydroxylation is 1. The van der Waals surface area contributed by atoms with E-state index in [1.807, 2.05) is 77.7 Å². The molecule has 1 heterocycles. The number of benzene rings is 3. The van der Waals surface area contributed by atoms with Gasteiger partial charge in [0.2, 0.25) is 0 Å². The van der Waals surface area contributed by atoms with Gasteiger partial charge < -0.3 is 10.1 Å². The highest BCUT2D eigenvalue weighted by Gasteiger charge is 2.22. The monoisotopic (exact) mass is 358 g/mol. The van der Waals surface area contributed by atoms with Gasteiger partial charge in [0.15, 0.2) is 0 Å². The SMILES string of the molecule is O=C(Nc1ccc(OCc2ccccc2)cc1)N1CCCc2ccccc21. The van der Waals surface area contributed by atoms with Crippen LogP contribution in [-0.2, 0) is 13.0 Å². The molecule has 4 rings (SSSR count). The zero-order valence-electron chi connectivity index (χ0n) is 15.1. The standard InChI is InChI=1S/C23H22N2O2/c26-23(25-16-6-10-19-9-4-5-11-22(19)25)24-20-12-14-21(15-13-20)27-17-18-7-2-1-3-8-18/h1-5,7-9,11-15H,6,10,16-17H2,(H,24,26). The number of hydrogen-bond acceptors (Lipinski definition) is 2. The van der Waals surface area contributed by atoms with Gasteiger partial charge in [-0.1, -0.05) is 48.5 Å². The minimum atomic E-state index is -0.0971. The van der Waals surface area contributed by atoms with Crippen molar-refractivity contribution in [2.75, 3.05) is 16.8 Å². The Balaban J connectivity index is 1.38. The van der Waals surface area contributed by atoms with Gasteiger partial charge in [0, 0.05) is 17.9 Å². The van der Waals surface area contributed by atoms with E-state index in [4.69, 9.17) is 4.74 Å². The Kier molecular flexibility index (Phi) is 5.06. The number of nitrogens with one attached hydrogen (secondary N) is 1. The second-order valence-corrected chi connectivity index (χ2v) is 6.61.